The number of alkyl halides is 3. The normalized spacial score (nSPS) is 11.2. The third kappa shape index (κ3) is 7.23. The number of ether oxygens (including phenoxy) is 1. The Kier molecular flexibility index (Phi) is 8.44. The summed E-state index contributed by atoms with van der Waals surface area (Å²) in [6.07, 6.45) is -1.25. The van der Waals surface area contributed by atoms with Crippen LogP contribution in [0.1, 0.15) is 37.7 Å². The van der Waals surface area contributed by atoms with Crippen molar-refractivity contribution in [3.05, 3.63) is 107 Å². The fourth-order valence-electron chi connectivity index (χ4n) is 3.46. The second-order valence-corrected chi connectivity index (χ2v) is 8.16. The van der Waals surface area contributed by atoms with Crippen molar-refractivity contribution in [3.63, 3.8) is 0 Å². The van der Waals surface area contributed by atoms with Gasteiger partial charge in [0, 0.05) is 24.5 Å². The largest absolute Gasteiger partial charge is 0.405 e. The Labute approximate surface area is 215 Å². The summed E-state index contributed by atoms with van der Waals surface area (Å²) >= 11 is 0. The van der Waals surface area contributed by atoms with Crippen molar-refractivity contribution in [2.45, 2.75) is 25.9 Å². The predicted molar refractivity (Wildman–Crippen MR) is 130 cm³/mol. The van der Waals surface area contributed by atoms with Crippen molar-refractivity contribution in [3.8, 4) is 5.69 Å². The molecule has 0 aliphatic rings. The van der Waals surface area contributed by atoms with E-state index in [-0.39, 0.29) is 31.0 Å². The first kappa shape index (κ1) is 26.5. The number of carbonyl (C=O) groups is 2. The van der Waals surface area contributed by atoms with Crippen LogP contribution >= 0.6 is 0 Å². The minimum absolute atomic E-state index is 0.00857. The first-order valence-corrected chi connectivity index (χ1v) is 11.5. The van der Waals surface area contributed by atoms with Gasteiger partial charge in [-0.25, -0.2) is 4.68 Å². The molecule has 2 amide bonds. The van der Waals surface area contributed by atoms with E-state index in [0.29, 0.717) is 11.4 Å². The van der Waals surface area contributed by atoms with Crippen LogP contribution in [0.3, 0.4) is 0 Å². The number of nitrogens with one attached hydrogen (secondary N) is 2. The van der Waals surface area contributed by atoms with Gasteiger partial charge in [-0.05, 0) is 41.5 Å². The number of pyridine rings is 1. The molecule has 2 heterocycles. The average molecular weight is 525 g/mol. The van der Waals surface area contributed by atoms with Crippen LogP contribution in [0.5, 0.6) is 0 Å². The maximum absolute atomic E-state index is 13.0. The molecule has 2 aromatic carbocycles. The number of hydrogen-bond acceptors (Lipinski definition) is 6. The predicted octanol–water partition coefficient (Wildman–Crippen LogP) is 3.60. The van der Waals surface area contributed by atoms with Crippen molar-refractivity contribution < 1.29 is 27.5 Å². The van der Waals surface area contributed by atoms with E-state index in [4.69, 9.17) is 4.74 Å². The quantitative estimate of drug-likeness (QED) is 0.328. The second-order valence-electron chi connectivity index (χ2n) is 8.16. The lowest BCUT2D eigenvalue weighted by Crippen LogP contribution is -2.33. The zero-order chi connectivity index (χ0) is 27.0. The Morgan fingerprint density at radius 1 is 0.868 bits per heavy atom. The molecule has 4 aromatic rings. The van der Waals surface area contributed by atoms with Crippen LogP contribution in [0.15, 0.2) is 79.1 Å². The molecule has 0 saturated heterocycles. The summed E-state index contributed by atoms with van der Waals surface area (Å²) in [5.74, 6) is -1.34. The number of benzene rings is 2. The molecule has 0 atom stereocenters. The molecule has 2 aromatic heterocycles. The van der Waals surface area contributed by atoms with Gasteiger partial charge in [0.1, 0.15) is 12.2 Å². The third-order valence-electron chi connectivity index (χ3n) is 5.33. The van der Waals surface area contributed by atoms with E-state index in [1.54, 1.807) is 18.5 Å². The van der Waals surface area contributed by atoms with Crippen LogP contribution in [0.25, 0.3) is 5.69 Å². The van der Waals surface area contributed by atoms with Crippen molar-refractivity contribution in [1.82, 2.24) is 30.6 Å². The molecule has 0 fully saturated rings. The van der Waals surface area contributed by atoms with Gasteiger partial charge in [-0.15, -0.1) is 5.10 Å². The summed E-state index contributed by atoms with van der Waals surface area (Å²) in [7, 11) is 0. The minimum Gasteiger partial charge on any atom is -0.370 e. The summed E-state index contributed by atoms with van der Waals surface area (Å²) in [5, 5.41) is 12.7. The Bertz CT molecular complexity index is 1360. The maximum atomic E-state index is 13.0. The molecule has 0 saturated carbocycles. The van der Waals surface area contributed by atoms with Crippen LogP contribution in [0, 0.1) is 0 Å². The first-order chi connectivity index (χ1) is 18.3. The van der Waals surface area contributed by atoms with Crippen LogP contribution in [0.2, 0.25) is 0 Å². The van der Waals surface area contributed by atoms with Crippen molar-refractivity contribution in [2.24, 2.45) is 0 Å². The Hall–Kier alpha value is -4.58. The van der Waals surface area contributed by atoms with Crippen molar-refractivity contribution in [1.29, 1.82) is 0 Å². The molecule has 0 aliphatic heterocycles. The number of carbonyl (C=O) groups excluding carboxylic acids is 2. The van der Waals surface area contributed by atoms with E-state index in [1.807, 2.05) is 41.7 Å². The van der Waals surface area contributed by atoms with Gasteiger partial charge in [0.05, 0.1) is 18.9 Å². The van der Waals surface area contributed by atoms with Crippen LogP contribution in [-0.2, 0) is 24.5 Å². The summed E-state index contributed by atoms with van der Waals surface area (Å²) in [4.78, 5) is 29.0. The highest BCUT2D eigenvalue weighted by atomic mass is 19.4. The van der Waals surface area contributed by atoms with Gasteiger partial charge in [-0.3, -0.25) is 14.6 Å². The maximum Gasteiger partial charge on any atom is 0.405 e. The van der Waals surface area contributed by atoms with Gasteiger partial charge in [0.25, 0.3) is 11.8 Å². The zero-order valence-corrected chi connectivity index (χ0v) is 20.0. The molecular formula is C26H23F3N6O3. The number of halogens is 3. The van der Waals surface area contributed by atoms with Gasteiger partial charge < -0.3 is 15.4 Å². The van der Waals surface area contributed by atoms with Crippen molar-refractivity contribution in [2.75, 3.05) is 6.54 Å². The Morgan fingerprint density at radius 3 is 2.29 bits per heavy atom. The van der Waals surface area contributed by atoms with E-state index in [2.05, 4.69) is 20.6 Å². The Morgan fingerprint density at radius 2 is 1.61 bits per heavy atom. The number of nitrogens with zero attached hydrogens (tertiary/aromatic N) is 4. The molecule has 0 unspecified atom stereocenters. The third-order valence-corrected chi connectivity index (χ3v) is 5.33. The topological polar surface area (TPSA) is 111 Å². The fraction of sp³-hybridized carbons (Fsp3) is 0.192. The number of aromatic nitrogens is 4. The average Bonchev–Trinajstić information content (AvgIpc) is 3.35. The van der Waals surface area contributed by atoms with Crippen molar-refractivity contribution >= 4 is 11.8 Å². The molecular weight excluding hydrogens is 501 g/mol. The minimum atomic E-state index is -4.51. The monoisotopic (exact) mass is 524 g/mol. The summed E-state index contributed by atoms with van der Waals surface area (Å²) in [5.41, 5.74) is 2.62. The summed E-state index contributed by atoms with van der Waals surface area (Å²) in [6.45, 7) is -0.935. The van der Waals surface area contributed by atoms with E-state index < -0.39 is 24.5 Å². The van der Waals surface area contributed by atoms with E-state index in [0.717, 1.165) is 11.1 Å². The lowest BCUT2D eigenvalue weighted by molar-refractivity contribution is -0.123. The van der Waals surface area contributed by atoms with Gasteiger partial charge in [-0.2, -0.15) is 13.2 Å². The highest BCUT2D eigenvalue weighted by molar-refractivity contribution is 5.94. The molecule has 4 rings (SSSR count). The fourth-order valence-corrected chi connectivity index (χ4v) is 3.46. The van der Waals surface area contributed by atoms with Crippen LogP contribution < -0.4 is 10.6 Å². The summed E-state index contributed by atoms with van der Waals surface area (Å²) < 4.78 is 44.5. The SMILES string of the molecule is O=C(NCC(F)(F)F)c1ccc(-n2nnc(C(=O)NCc3cccnc3)c2COCc2ccccc2)cc1. The molecule has 0 aliphatic carbocycles. The molecule has 196 valence electrons. The lowest BCUT2D eigenvalue weighted by atomic mass is 10.2. The van der Waals surface area contributed by atoms with Crippen LogP contribution in [-0.4, -0.2) is 44.5 Å². The van der Waals surface area contributed by atoms with Gasteiger partial charge in [-0.1, -0.05) is 41.6 Å². The van der Waals surface area contributed by atoms with Gasteiger partial charge in [0.15, 0.2) is 5.69 Å². The lowest BCUT2D eigenvalue weighted by Gasteiger charge is -2.11. The molecule has 0 radical (unpaired) electrons. The molecule has 12 heteroatoms. The number of amides is 2. The number of hydrogen-bond donors (Lipinski definition) is 2. The molecule has 38 heavy (non-hydrogen) atoms. The number of rotatable bonds is 10. The molecule has 0 spiro atoms. The standard InChI is InChI=1S/C26H23F3N6O3/c27-26(28,29)17-32-24(36)20-8-10-21(11-9-20)35-22(16-38-15-18-5-2-1-3-6-18)23(33-34-35)25(37)31-14-19-7-4-12-30-13-19/h1-13H,14-17H2,(H,31,37)(H,32,36). The molecule has 0 bridgehead atoms. The second kappa shape index (κ2) is 12.1. The molecule has 9 nitrogen and oxygen atoms in total. The summed E-state index contributed by atoms with van der Waals surface area (Å²) in [6, 6.07) is 18.7. The van der Waals surface area contributed by atoms with E-state index in [9.17, 15) is 22.8 Å². The first-order valence-electron chi connectivity index (χ1n) is 11.5. The highest BCUT2D eigenvalue weighted by Crippen LogP contribution is 2.17. The van der Waals surface area contributed by atoms with Gasteiger partial charge >= 0.3 is 6.18 Å². The van der Waals surface area contributed by atoms with E-state index in [1.165, 1.54) is 28.9 Å². The van der Waals surface area contributed by atoms with Gasteiger partial charge in [0.2, 0.25) is 0 Å². The highest BCUT2D eigenvalue weighted by Gasteiger charge is 2.28. The van der Waals surface area contributed by atoms with E-state index >= 15 is 0 Å². The van der Waals surface area contributed by atoms with Crippen LogP contribution in [0.4, 0.5) is 13.2 Å². The molecule has 2 N–H and O–H groups in total. The Balaban J connectivity index is 1.53. The smallest absolute Gasteiger partial charge is 0.370 e. The zero-order valence-electron chi connectivity index (χ0n) is 20.0.